The molecule has 4 atom stereocenters. The molecule has 0 spiro atoms. The summed E-state index contributed by atoms with van der Waals surface area (Å²) in [5.41, 5.74) is 0.585. The molecule has 6 heteroatoms. The third-order valence-corrected chi connectivity index (χ3v) is 5.33. The molecule has 0 aliphatic carbocycles. The second-order valence-electron chi connectivity index (χ2n) is 6.98. The molecule has 25 heavy (non-hydrogen) atoms. The summed E-state index contributed by atoms with van der Waals surface area (Å²) in [7, 11) is 2.14. The van der Waals surface area contributed by atoms with Gasteiger partial charge in [0.05, 0.1) is 6.61 Å². The molecule has 2 heterocycles. The van der Waals surface area contributed by atoms with Crippen molar-refractivity contribution in [1.82, 2.24) is 4.90 Å². The fourth-order valence-corrected chi connectivity index (χ4v) is 3.98. The normalized spacial score (nSPS) is 26.9. The summed E-state index contributed by atoms with van der Waals surface area (Å²) in [6.07, 6.45) is 3.92. The number of fused-ring (bicyclic) bond motifs is 2. The zero-order chi connectivity index (χ0) is 18.0. The molecule has 1 aromatic carbocycles. The second-order valence-corrected chi connectivity index (χ2v) is 6.98. The number of nitrogens with zero attached hydrogens (tertiary/aromatic N) is 1. The first-order valence-electron chi connectivity index (χ1n) is 8.79. The average molecular weight is 347 g/mol. The van der Waals surface area contributed by atoms with Crippen LogP contribution >= 0.6 is 0 Å². The van der Waals surface area contributed by atoms with Crippen molar-refractivity contribution in [3.63, 3.8) is 0 Å². The van der Waals surface area contributed by atoms with Gasteiger partial charge in [0.1, 0.15) is 17.8 Å². The van der Waals surface area contributed by atoms with Crippen LogP contribution in [-0.2, 0) is 14.3 Å². The number of esters is 2. The van der Waals surface area contributed by atoms with E-state index >= 15 is 0 Å². The lowest BCUT2D eigenvalue weighted by atomic mass is 9.98. The van der Waals surface area contributed by atoms with Gasteiger partial charge < -0.3 is 19.5 Å². The maximum absolute atomic E-state index is 12.6. The van der Waals surface area contributed by atoms with Crippen molar-refractivity contribution in [2.24, 2.45) is 0 Å². The summed E-state index contributed by atoms with van der Waals surface area (Å²) >= 11 is 0. The van der Waals surface area contributed by atoms with E-state index in [1.807, 2.05) is 0 Å². The molecule has 2 fully saturated rings. The van der Waals surface area contributed by atoms with Crippen LogP contribution in [0.1, 0.15) is 44.1 Å². The number of aliphatic hydroxyl groups excluding tert-OH is 1. The molecule has 2 saturated heterocycles. The van der Waals surface area contributed by atoms with Gasteiger partial charge in [0.25, 0.3) is 0 Å². The third kappa shape index (κ3) is 4.02. The van der Waals surface area contributed by atoms with Crippen molar-refractivity contribution in [2.45, 2.75) is 56.7 Å². The molecule has 1 N–H and O–H groups in total. The smallest absolute Gasteiger partial charge is 0.316 e. The van der Waals surface area contributed by atoms with Crippen LogP contribution in [0.4, 0.5) is 0 Å². The molecule has 2 bridgehead atoms. The number of rotatable bonds is 5. The zero-order valence-electron chi connectivity index (χ0n) is 14.7. The number of carbonyl (C=O) groups is 2. The third-order valence-electron chi connectivity index (χ3n) is 5.33. The molecule has 2 unspecified atom stereocenters. The Morgan fingerprint density at radius 1 is 1.28 bits per heavy atom. The van der Waals surface area contributed by atoms with Gasteiger partial charge in [-0.15, -0.1) is 0 Å². The van der Waals surface area contributed by atoms with E-state index in [0.717, 1.165) is 25.7 Å². The van der Waals surface area contributed by atoms with Crippen molar-refractivity contribution < 1.29 is 24.2 Å². The number of benzene rings is 1. The maximum atomic E-state index is 12.6. The van der Waals surface area contributed by atoms with Crippen LogP contribution in [0.5, 0.6) is 5.75 Å². The summed E-state index contributed by atoms with van der Waals surface area (Å²) in [5.74, 6) is -1.26. The molecule has 3 rings (SSSR count). The van der Waals surface area contributed by atoms with Crippen LogP contribution in [0.15, 0.2) is 24.3 Å². The van der Waals surface area contributed by atoms with Gasteiger partial charge in [0.15, 0.2) is 0 Å². The SMILES string of the molecule is CC(=O)Oc1cccc(C(CO)C(=O)OC2C[C@H]3CC[C@@H](C2)N3C)c1. The molecule has 136 valence electrons. The lowest BCUT2D eigenvalue weighted by Gasteiger charge is -2.36. The number of carbonyl (C=O) groups excluding carboxylic acids is 2. The minimum Gasteiger partial charge on any atom is -0.462 e. The van der Waals surface area contributed by atoms with Gasteiger partial charge >= 0.3 is 11.9 Å². The van der Waals surface area contributed by atoms with Crippen LogP contribution in [0.2, 0.25) is 0 Å². The number of hydrogen-bond acceptors (Lipinski definition) is 6. The Balaban J connectivity index is 1.66. The molecule has 1 aromatic rings. The summed E-state index contributed by atoms with van der Waals surface area (Å²) < 4.78 is 10.8. The summed E-state index contributed by atoms with van der Waals surface area (Å²) in [4.78, 5) is 26.1. The minimum absolute atomic E-state index is 0.0908. The Kier molecular flexibility index (Phi) is 5.39. The number of aliphatic hydroxyl groups is 1. The van der Waals surface area contributed by atoms with Gasteiger partial charge in [-0.2, -0.15) is 0 Å². The second kappa shape index (κ2) is 7.54. The van der Waals surface area contributed by atoms with E-state index in [1.54, 1.807) is 24.3 Å². The molecule has 2 aliphatic rings. The van der Waals surface area contributed by atoms with Gasteiger partial charge in [0, 0.05) is 19.0 Å². The highest BCUT2D eigenvalue weighted by Crippen LogP contribution is 2.36. The first-order chi connectivity index (χ1) is 12.0. The quantitative estimate of drug-likeness (QED) is 0.647. The van der Waals surface area contributed by atoms with E-state index in [2.05, 4.69) is 11.9 Å². The molecular formula is C19H25NO5. The maximum Gasteiger partial charge on any atom is 0.316 e. The standard InChI is InChI=1S/C19H25NO5/c1-12(22)24-16-5-3-4-13(8-16)18(11-21)19(23)25-17-9-14-6-7-15(10-17)20(14)2/h3-5,8,14-15,17-18,21H,6-7,9-11H2,1-2H3/t14-,15+,17?,18?. The predicted octanol–water partition coefficient (Wildman–Crippen LogP) is 1.86. The van der Waals surface area contributed by atoms with Crippen molar-refractivity contribution in [1.29, 1.82) is 0 Å². The largest absolute Gasteiger partial charge is 0.462 e. The Bertz CT molecular complexity index is 632. The van der Waals surface area contributed by atoms with Crippen molar-refractivity contribution in [2.75, 3.05) is 13.7 Å². The van der Waals surface area contributed by atoms with Gasteiger partial charge in [0.2, 0.25) is 0 Å². The molecule has 0 radical (unpaired) electrons. The molecule has 2 aliphatic heterocycles. The average Bonchev–Trinajstić information content (AvgIpc) is 2.77. The highest BCUT2D eigenvalue weighted by molar-refractivity contribution is 5.79. The van der Waals surface area contributed by atoms with Gasteiger partial charge in [-0.1, -0.05) is 12.1 Å². The molecule has 0 aromatic heterocycles. The Morgan fingerprint density at radius 3 is 2.56 bits per heavy atom. The van der Waals surface area contributed by atoms with Gasteiger partial charge in [-0.05, 0) is 50.4 Å². The number of piperidine rings is 1. The highest BCUT2D eigenvalue weighted by atomic mass is 16.5. The molecule has 0 saturated carbocycles. The Morgan fingerprint density at radius 2 is 1.96 bits per heavy atom. The summed E-state index contributed by atoms with van der Waals surface area (Å²) in [6.45, 7) is 0.973. The van der Waals surface area contributed by atoms with E-state index in [9.17, 15) is 14.7 Å². The van der Waals surface area contributed by atoms with Crippen LogP contribution in [-0.4, -0.2) is 53.8 Å². The Labute approximate surface area is 147 Å². The Hall–Kier alpha value is -1.92. The van der Waals surface area contributed by atoms with Crippen LogP contribution in [0.3, 0.4) is 0 Å². The van der Waals surface area contributed by atoms with E-state index in [4.69, 9.17) is 9.47 Å². The van der Waals surface area contributed by atoms with Crippen LogP contribution in [0.25, 0.3) is 0 Å². The van der Waals surface area contributed by atoms with Crippen LogP contribution < -0.4 is 4.74 Å². The predicted molar refractivity (Wildman–Crippen MR) is 91.3 cm³/mol. The van der Waals surface area contributed by atoms with Gasteiger partial charge in [-0.3, -0.25) is 9.59 Å². The minimum atomic E-state index is -0.771. The monoisotopic (exact) mass is 347 g/mol. The number of hydrogen-bond donors (Lipinski definition) is 1. The van der Waals surface area contributed by atoms with E-state index in [-0.39, 0.29) is 12.7 Å². The van der Waals surface area contributed by atoms with Crippen molar-refractivity contribution >= 4 is 11.9 Å². The molecular weight excluding hydrogens is 322 g/mol. The fraction of sp³-hybridized carbons (Fsp3) is 0.579. The number of ether oxygens (including phenoxy) is 2. The van der Waals surface area contributed by atoms with Crippen molar-refractivity contribution in [3.8, 4) is 5.75 Å². The van der Waals surface area contributed by atoms with Crippen LogP contribution in [0, 0.1) is 0 Å². The first kappa shape index (κ1) is 17.9. The van der Waals surface area contributed by atoms with Gasteiger partial charge in [-0.25, -0.2) is 0 Å². The highest BCUT2D eigenvalue weighted by Gasteiger charge is 2.40. The first-order valence-corrected chi connectivity index (χ1v) is 8.79. The van der Waals surface area contributed by atoms with Crippen molar-refractivity contribution in [3.05, 3.63) is 29.8 Å². The lowest BCUT2D eigenvalue weighted by Crippen LogP contribution is -2.43. The lowest BCUT2D eigenvalue weighted by molar-refractivity contribution is -0.155. The van der Waals surface area contributed by atoms with E-state index in [0.29, 0.717) is 23.4 Å². The zero-order valence-corrected chi connectivity index (χ0v) is 14.7. The summed E-state index contributed by atoms with van der Waals surface area (Å²) in [6, 6.07) is 7.63. The molecule has 0 amide bonds. The topological polar surface area (TPSA) is 76.1 Å². The summed E-state index contributed by atoms with van der Waals surface area (Å²) in [5, 5.41) is 9.69. The molecule has 6 nitrogen and oxygen atoms in total. The fourth-order valence-electron chi connectivity index (χ4n) is 3.98. The van der Waals surface area contributed by atoms with E-state index in [1.165, 1.54) is 6.92 Å². The van der Waals surface area contributed by atoms with E-state index < -0.39 is 17.9 Å².